The lowest BCUT2D eigenvalue weighted by atomic mass is 10.2. The van der Waals surface area contributed by atoms with Crippen LogP contribution in [0.2, 0.25) is 0 Å². The molecule has 2 aromatic carbocycles. The van der Waals surface area contributed by atoms with Crippen LogP contribution in [-0.2, 0) is 0 Å². The minimum Gasteiger partial charge on any atom is -0.319 e. The van der Waals surface area contributed by atoms with Gasteiger partial charge >= 0.3 is 0 Å². The second-order valence-corrected chi connectivity index (χ2v) is 4.95. The number of carbonyl (C=O) groups is 1. The molecular weight excluding hydrogens is 290 g/mol. The topological polar surface area (TPSA) is 80.7 Å². The molecule has 0 radical (unpaired) electrons. The van der Waals surface area contributed by atoms with Gasteiger partial charge in [-0.15, -0.1) is 10.2 Å². The smallest absolute Gasteiger partial charge is 0.295 e. The summed E-state index contributed by atoms with van der Waals surface area (Å²) in [6, 6.07) is 16.6. The number of pyridine rings is 1. The average molecular weight is 301 g/mol. The van der Waals surface area contributed by atoms with Gasteiger partial charge in [-0.3, -0.25) is 9.78 Å². The van der Waals surface area contributed by atoms with Crippen molar-refractivity contribution >= 4 is 33.5 Å². The van der Waals surface area contributed by atoms with E-state index in [0.717, 1.165) is 10.9 Å². The van der Waals surface area contributed by atoms with E-state index in [-0.39, 0.29) is 5.82 Å². The third kappa shape index (κ3) is 2.46. The molecule has 0 aliphatic heterocycles. The first-order valence-electron chi connectivity index (χ1n) is 7.06. The lowest BCUT2D eigenvalue weighted by molar-refractivity contribution is 0.101. The van der Waals surface area contributed by atoms with Crippen LogP contribution < -0.4 is 5.32 Å². The number of benzene rings is 2. The molecule has 0 spiro atoms. The van der Waals surface area contributed by atoms with Crippen molar-refractivity contribution in [2.24, 2.45) is 0 Å². The number of amides is 1. The number of aromatic nitrogens is 4. The Kier molecular flexibility index (Phi) is 3.12. The van der Waals surface area contributed by atoms with Crippen molar-refractivity contribution in [2.75, 3.05) is 5.32 Å². The van der Waals surface area contributed by atoms with Crippen molar-refractivity contribution < 1.29 is 4.79 Å². The molecule has 4 rings (SSSR count). The standard InChI is InChI=1S/C17H11N5O/c23-17(16-19-14-6-1-2-7-15(14)21-22-16)20-13-9-3-8-12-11(13)5-4-10-18-12/h1-10H,(H,20,23). The quantitative estimate of drug-likeness (QED) is 0.615. The number of nitrogens with zero attached hydrogens (tertiary/aromatic N) is 4. The molecule has 2 aromatic heterocycles. The molecular formula is C17H11N5O. The summed E-state index contributed by atoms with van der Waals surface area (Å²) in [5.74, 6) is -0.371. The van der Waals surface area contributed by atoms with E-state index in [1.165, 1.54) is 0 Å². The molecule has 0 atom stereocenters. The van der Waals surface area contributed by atoms with Gasteiger partial charge in [0.2, 0.25) is 5.82 Å². The van der Waals surface area contributed by atoms with Gasteiger partial charge in [-0.1, -0.05) is 18.2 Å². The van der Waals surface area contributed by atoms with Crippen molar-refractivity contribution in [2.45, 2.75) is 0 Å². The largest absolute Gasteiger partial charge is 0.319 e. The van der Waals surface area contributed by atoms with E-state index in [0.29, 0.717) is 16.7 Å². The zero-order chi connectivity index (χ0) is 15.6. The van der Waals surface area contributed by atoms with Crippen LogP contribution in [0.4, 0.5) is 5.69 Å². The first-order chi connectivity index (χ1) is 11.3. The van der Waals surface area contributed by atoms with Crippen molar-refractivity contribution in [3.05, 3.63) is 66.6 Å². The summed E-state index contributed by atoms with van der Waals surface area (Å²) in [6.07, 6.45) is 1.71. The maximum Gasteiger partial charge on any atom is 0.295 e. The fourth-order valence-electron chi connectivity index (χ4n) is 2.37. The summed E-state index contributed by atoms with van der Waals surface area (Å²) < 4.78 is 0. The Labute approximate surface area is 131 Å². The van der Waals surface area contributed by atoms with Gasteiger partial charge in [0, 0.05) is 11.6 Å². The van der Waals surface area contributed by atoms with Gasteiger partial charge in [0.25, 0.3) is 5.91 Å². The molecule has 0 bridgehead atoms. The highest BCUT2D eigenvalue weighted by molar-refractivity contribution is 6.07. The molecule has 0 saturated heterocycles. The number of anilines is 1. The molecule has 2 heterocycles. The highest BCUT2D eigenvalue weighted by atomic mass is 16.2. The zero-order valence-corrected chi connectivity index (χ0v) is 12.0. The van der Waals surface area contributed by atoms with Crippen molar-refractivity contribution in [1.82, 2.24) is 20.2 Å². The highest BCUT2D eigenvalue weighted by Crippen LogP contribution is 2.21. The van der Waals surface area contributed by atoms with E-state index >= 15 is 0 Å². The Morgan fingerprint density at radius 1 is 0.826 bits per heavy atom. The monoisotopic (exact) mass is 301 g/mol. The summed E-state index contributed by atoms with van der Waals surface area (Å²) in [4.78, 5) is 20.9. The second-order valence-electron chi connectivity index (χ2n) is 4.95. The number of fused-ring (bicyclic) bond motifs is 2. The lowest BCUT2D eigenvalue weighted by Gasteiger charge is -2.07. The molecule has 0 unspecified atom stereocenters. The first kappa shape index (κ1) is 13.3. The number of hydrogen-bond acceptors (Lipinski definition) is 5. The van der Waals surface area contributed by atoms with E-state index in [9.17, 15) is 4.79 Å². The van der Waals surface area contributed by atoms with Crippen LogP contribution in [0.15, 0.2) is 60.8 Å². The number of hydrogen-bond donors (Lipinski definition) is 1. The van der Waals surface area contributed by atoms with Crippen molar-refractivity contribution in [3.63, 3.8) is 0 Å². The molecule has 1 amide bonds. The minimum absolute atomic E-state index is 0.0320. The summed E-state index contributed by atoms with van der Waals surface area (Å²) in [6.45, 7) is 0. The molecule has 23 heavy (non-hydrogen) atoms. The van der Waals surface area contributed by atoms with E-state index in [4.69, 9.17) is 0 Å². The number of para-hydroxylation sites is 1. The Morgan fingerprint density at radius 3 is 2.57 bits per heavy atom. The van der Waals surface area contributed by atoms with E-state index in [1.54, 1.807) is 18.3 Å². The van der Waals surface area contributed by atoms with E-state index in [2.05, 4.69) is 25.5 Å². The fraction of sp³-hybridized carbons (Fsp3) is 0. The van der Waals surface area contributed by atoms with Crippen LogP contribution in [0, 0.1) is 0 Å². The Hall–Kier alpha value is -3.41. The first-order valence-corrected chi connectivity index (χ1v) is 7.06. The molecule has 110 valence electrons. The van der Waals surface area contributed by atoms with Gasteiger partial charge in [0.15, 0.2) is 0 Å². The van der Waals surface area contributed by atoms with Gasteiger partial charge in [-0.2, -0.15) is 0 Å². The van der Waals surface area contributed by atoms with Crippen molar-refractivity contribution in [1.29, 1.82) is 0 Å². The third-order valence-electron chi connectivity index (χ3n) is 3.46. The van der Waals surface area contributed by atoms with Gasteiger partial charge in [-0.05, 0) is 36.4 Å². The van der Waals surface area contributed by atoms with Gasteiger partial charge in [-0.25, -0.2) is 4.98 Å². The molecule has 4 aromatic rings. The Balaban J connectivity index is 1.70. The van der Waals surface area contributed by atoms with E-state index < -0.39 is 5.91 Å². The number of rotatable bonds is 2. The van der Waals surface area contributed by atoms with Crippen LogP contribution in [0.1, 0.15) is 10.6 Å². The molecule has 0 aliphatic carbocycles. The zero-order valence-electron chi connectivity index (χ0n) is 12.0. The maximum atomic E-state index is 12.4. The van der Waals surface area contributed by atoms with Gasteiger partial charge in [0.1, 0.15) is 5.52 Å². The minimum atomic E-state index is -0.403. The summed E-state index contributed by atoms with van der Waals surface area (Å²) in [5.41, 5.74) is 2.76. The molecule has 6 nitrogen and oxygen atoms in total. The average Bonchev–Trinajstić information content (AvgIpc) is 2.61. The normalized spacial score (nSPS) is 10.8. The Bertz CT molecular complexity index is 1030. The Morgan fingerprint density at radius 2 is 1.65 bits per heavy atom. The summed E-state index contributed by atoms with van der Waals surface area (Å²) in [7, 11) is 0. The SMILES string of the molecule is O=C(Nc1cccc2ncccc12)c1nnc2ccccc2n1. The summed E-state index contributed by atoms with van der Waals surface area (Å²) in [5, 5.41) is 11.6. The van der Waals surface area contributed by atoms with Crippen LogP contribution >= 0.6 is 0 Å². The molecule has 6 heteroatoms. The number of nitrogens with one attached hydrogen (secondary N) is 1. The fourth-order valence-corrected chi connectivity index (χ4v) is 2.37. The van der Waals surface area contributed by atoms with E-state index in [1.807, 2.05) is 42.5 Å². The summed E-state index contributed by atoms with van der Waals surface area (Å²) >= 11 is 0. The van der Waals surface area contributed by atoms with Gasteiger partial charge < -0.3 is 5.32 Å². The maximum absolute atomic E-state index is 12.4. The van der Waals surface area contributed by atoms with Crippen LogP contribution in [0.5, 0.6) is 0 Å². The number of carbonyl (C=O) groups excluding carboxylic acids is 1. The third-order valence-corrected chi connectivity index (χ3v) is 3.46. The lowest BCUT2D eigenvalue weighted by Crippen LogP contribution is -2.16. The second kappa shape index (κ2) is 5.42. The van der Waals surface area contributed by atoms with Crippen molar-refractivity contribution in [3.8, 4) is 0 Å². The van der Waals surface area contributed by atoms with Crippen LogP contribution in [-0.4, -0.2) is 26.1 Å². The predicted molar refractivity (Wildman–Crippen MR) is 87.0 cm³/mol. The van der Waals surface area contributed by atoms with Gasteiger partial charge in [0.05, 0.1) is 16.7 Å². The molecule has 0 aliphatic rings. The molecule has 0 saturated carbocycles. The van der Waals surface area contributed by atoms with Crippen LogP contribution in [0.25, 0.3) is 21.9 Å². The highest BCUT2D eigenvalue weighted by Gasteiger charge is 2.13. The predicted octanol–water partition coefficient (Wildman–Crippen LogP) is 2.83. The van der Waals surface area contributed by atoms with Crippen LogP contribution in [0.3, 0.4) is 0 Å². The molecule has 0 fully saturated rings. The molecule has 1 N–H and O–H groups in total.